The van der Waals surface area contributed by atoms with E-state index >= 15 is 0 Å². The Morgan fingerprint density at radius 1 is 1.03 bits per heavy atom. The Bertz CT molecular complexity index is 739. The first-order chi connectivity index (χ1) is 14.3. The highest BCUT2D eigenvalue weighted by atomic mass is 19.1. The summed E-state index contributed by atoms with van der Waals surface area (Å²) in [4.78, 5) is 0. The molecule has 11 atom stereocenters. The van der Waals surface area contributed by atoms with Crippen molar-refractivity contribution in [2.75, 3.05) is 6.61 Å². The Kier molecular flexibility index (Phi) is 4.42. The van der Waals surface area contributed by atoms with Gasteiger partial charge in [-0.2, -0.15) is 0 Å². The summed E-state index contributed by atoms with van der Waals surface area (Å²) in [7, 11) is 0. The zero-order valence-electron chi connectivity index (χ0n) is 19.5. The highest BCUT2D eigenvalue weighted by molar-refractivity contribution is 5.26. The van der Waals surface area contributed by atoms with E-state index < -0.39 is 6.17 Å². The Hall–Kier alpha value is -0.410. The first kappa shape index (κ1) is 20.2. The third-order valence-corrected chi connectivity index (χ3v) is 11.3. The van der Waals surface area contributed by atoms with Crippen molar-refractivity contribution in [2.24, 2.45) is 46.3 Å². The summed E-state index contributed by atoms with van der Waals surface area (Å²) in [6, 6.07) is 0. The molecule has 0 aromatic rings. The van der Waals surface area contributed by atoms with Gasteiger partial charge in [-0.05, 0) is 85.4 Å². The molecule has 0 radical (unpaired) electrons. The molecule has 0 N–H and O–H groups in total. The minimum absolute atomic E-state index is 0.251. The van der Waals surface area contributed by atoms with E-state index in [0.717, 1.165) is 43.6 Å². The van der Waals surface area contributed by atoms with Crippen molar-refractivity contribution in [1.82, 2.24) is 0 Å². The largest absolute Gasteiger partial charge is 0.349 e. The van der Waals surface area contributed by atoms with E-state index in [1.165, 1.54) is 37.7 Å². The number of allylic oxidation sites excluding steroid dienone is 2. The lowest BCUT2D eigenvalue weighted by atomic mass is 9.47. The molecule has 0 amide bonds. The van der Waals surface area contributed by atoms with Gasteiger partial charge in [-0.1, -0.05) is 39.3 Å². The summed E-state index contributed by atoms with van der Waals surface area (Å²) in [5.41, 5.74) is 2.08. The standard InChI is InChI=1S/C27H41FO2/c1-16-7-12-27(29-15-16)17(2)24-23(30-27)14-22-20-6-5-18-13-19(28)8-10-25(18,3)21(20)9-11-26(22,24)4/h5,16-17,19-24H,6-15H2,1-4H3/t16-,17+,19+,20-,21+,22+,23+,24+,25+,26+,27-/m1/s1. The van der Waals surface area contributed by atoms with E-state index in [1.54, 1.807) is 0 Å². The second-order valence-electron chi connectivity index (χ2n) is 12.6. The van der Waals surface area contributed by atoms with Crippen molar-refractivity contribution < 1.29 is 13.9 Å². The Labute approximate surface area is 182 Å². The number of ether oxygens (including phenoxy) is 2. The zero-order chi connectivity index (χ0) is 20.9. The molecule has 1 spiro atoms. The number of hydrogen-bond donors (Lipinski definition) is 0. The van der Waals surface area contributed by atoms with Gasteiger partial charge in [-0.3, -0.25) is 0 Å². The van der Waals surface area contributed by atoms with Gasteiger partial charge in [0, 0.05) is 18.8 Å². The maximum Gasteiger partial charge on any atom is 0.171 e. The van der Waals surface area contributed by atoms with Crippen LogP contribution in [0, 0.1) is 46.3 Å². The number of fused-ring (bicyclic) bond motifs is 7. The van der Waals surface area contributed by atoms with Crippen molar-refractivity contribution >= 4 is 0 Å². The second kappa shape index (κ2) is 6.56. The first-order valence-corrected chi connectivity index (χ1v) is 12.9. The van der Waals surface area contributed by atoms with Gasteiger partial charge < -0.3 is 9.47 Å². The minimum atomic E-state index is -0.607. The van der Waals surface area contributed by atoms with Gasteiger partial charge in [0.25, 0.3) is 0 Å². The summed E-state index contributed by atoms with van der Waals surface area (Å²) < 4.78 is 27.5. The van der Waals surface area contributed by atoms with Gasteiger partial charge in [0.1, 0.15) is 6.17 Å². The molecule has 2 nitrogen and oxygen atoms in total. The number of halogens is 1. The topological polar surface area (TPSA) is 18.5 Å². The molecule has 6 aliphatic rings. The fourth-order valence-corrected chi connectivity index (χ4v) is 9.63. The molecular weight excluding hydrogens is 375 g/mol. The maximum absolute atomic E-state index is 14.2. The summed E-state index contributed by atoms with van der Waals surface area (Å²) in [6.07, 6.45) is 12.1. The third-order valence-electron chi connectivity index (χ3n) is 11.3. The van der Waals surface area contributed by atoms with E-state index in [9.17, 15) is 4.39 Å². The molecule has 2 heterocycles. The van der Waals surface area contributed by atoms with Crippen LogP contribution in [0.2, 0.25) is 0 Å². The SMILES string of the molecule is C[C@@H]1CC[C@@]2(OC1)O[C@H]1C[C@H]3[C@@H]4CC=C5C[C@@H](F)CC[C@]5(C)[C@H]4CC[C@]3(C)[C@H]1[C@@H]2C. The predicted molar refractivity (Wildman–Crippen MR) is 117 cm³/mol. The van der Waals surface area contributed by atoms with Gasteiger partial charge in [0.15, 0.2) is 5.79 Å². The third kappa shape index (κ3) is 2.54. The monoisotopic (exact) mass is 416 g/mol. The van der Waals surface area contributed by atoms with Crippen LogP contribution in [0.3, 0.4) is 0 Å². The van der Waals surface area contributed by atoms with E-state index in [4.69, 9.17) is 9.47 Å². The lowest BCUT2D eigenvalue weighted by Crippen LogP contribution is -2.52. The Morgan fingerprint density at radius 3 is 2.63 bits per heavy atom. The van der Waals surface area contributed by atoms with Crippen LogP contribution in [0.1, 0.15) is 85.5 Å². The quantitative estimate of drug-likeness (QED) is 0.410. The highest BCUT2D eigenvalue weighted by Gasteiger charge is 2.68. The number of rotatable bonds is 0. The zero-order valence-corrected chi connectivity index (χ0v) is 19.5. The molecule has 3 saturated carbocycles. The highest BCUT2D eigenvalue weighted by Crippen LogP contribution is 2.70. The molecule has 2 saturated heterocycles. The normalized spacial score (nSPS) is 59.8. The van der Waals surface area contributed by atoms with Crippen LogP contribution in [0.15, 0.2) is 11.6 Å². The van der Waals surface area contributed by atoms with Crippen molar-refractivity contribution in [3.63, 3.8) is 0 Å². The van der Waals surface area contributed by atoms with Crippen LogP contribution in [0.25, 0.3) is 0 Å². The van der Waals surface area contributed by atoms with Crippen LogP contribution in [0.4, 0.5) is 4.39 Å². The summed E-state index contributed by atoms with van der Waals surface area (Å²) in [5.74, 6) is 3.75. The van der Waals surface area contributed by atoms with Crippen LogP contribution < -0.4 is 0 Å². The number of hydrogen-bond acceptors (Lipinski definition) is 2. The molecule has 0 aromatic heterocycles. The van der Waals surface area contributed by atoms with E-state index in [1.807, 2.05) is 0 Å². The van der Waals surface area contributed by atoms with Crippen molar-refractivity contribution in [3.05, 3.63) is 11.6 Å². The van der Waals surface area contributed by atoms with Gasteiger partial charge >= 0.3 is 0 Å². The fourth-order valence-electron chi connectivity index (χ4n) is 9.63. The van der Waals surface area contributed by atoms with Gasteiger partial charge in [0.05, 0.1) is 12.7 Å². The molecule has 0 unspecified atom stereocenters. The molecule has 168 valence electrons. The molecular formula is C27H41FO2. The van der Waals surface area contributed by atoms with E-state index in [2.05, 4.69) is 33.8 Å². The second-order valence-corrected chi connectivity index (χ2v) is 12.6. The molecule has 30 heavy (non-hydrogen) atoms. The van der Waals surface area contributed by atoms with Gasteiger partial charge in [0.2, 0.25) is 0 Å². The summed E-state index contributed by atoms with van der Waals surface area (Å²) >= 11 is 0. The van der Waals surface area contributed by atoms with E-state index in [0.29, 0.717) is 35.7 Å². The van der Waals surface area contributed by atoms with Gasteiger partial charge in [-0.25, -0.2) is 4.39 Å². The summed E-state index contributed by atoms with van der Waals surface area (Å²) in [6.45, 7) is 10.7. The average Bonchev–Trinajstić information content (AvgIpc) is 3.16. The smallest absolute Gasteiger partial charge is 0.171 e. The molecule has 0 aromatic carbocycles. The van der Waals surface area contributed by atoms with Crippen LogP contribution in [0.5, 0.6) is 0 Å². The molecule has 3 heteroatoms. The molecule has 6 rings (SSSR count). The van der Waals surface area contributed by atoms with Crippen molar-refractivity contribution in [2.45, 2.75) is 104 Å². The lowest BCUT2D eigenvalue weighted by Gasteiger charge is -2.58. The van der Waals surface area contributed by atoms with Crippen LogP contribution >= 0.6 is 0 Å². The molecule has 4 aliphatic carbocycles. The summed E-state index contributed by atoms with van der Waals surface area (Å²) in [5, 5.41) is 0. The molecule has 5 fully saturated rings. The van der Waals surface area contributed by atoms with Crippen molar-refractivity contribution in [1.29, 1.82) is 0 Å². The Balaban J connectivity index is 1.28. The average molecular weight is 417 g/mol. The van der Waals surface area contributed by atoms with E-state index in [-0.39, 0.29) is 11.2 Å². The molecule has 0 bridgehead atoms. The minimum Gasteiger partial charge on any atom is -0.349 e. The van der Waals surface area contributed by atoms with Crippen molar-refractivity contribution in [3.8, 4) is 0 Å². The predicted octanol–water partition coefficient (Wildman–Crippen LogP) is 6.69. The lowest BCUT2D eigenvalue weighted by molar-refractivity contribution is -0.272. The molecule has 2 aliphatic heterocycles. The van der Waals surface area contributed by atoms with Crippen LogP contribution in [-0.2, 0) is 9.47 Å². The fraction of sp³-hybridized carbons (Fsp3) is 0.926. The van der Waals surface area contributed by atoms with Gasteiger partial charge in [-0.15, -0.1) is 0 Å². The number of alkyl halides is 1. The maximum atomic E-state index is 14.2. The van der Waals surface area contributed by atoms with Crippen LogP contribution in [-0.4, -0.2) is 24.7 Å². The first-order valence-electron chi connectivity index (χ1n) is 12.9. The Morgan fingerprint density at radius 2 is 1.87 bits per heavy atom.